The minimum atomic E-state index is -0.641. The minimum Gasteiger partial charge on any atom is -0.492 e. The molecule has 0 aliphatic carbocycles. The first-order valence-corrected chi connectivity index (χ1v) is 13.9. The molecule has 4 rings (SSSR count). The van der Waals surface area contributed by atoms with Crippen LogP contribution in [0.3, 0.4) is 0 Å². The van der Waals surface area contributed by atoms with Crippen LogP contribution < -0.4 is 9.64 Å². The third-order valence-electron chi connectivity index (χ3n) is 6.17. The van der Waals surface area contributed by atoms with E-state index in [0.717, 1.165) is 27.3 Å². The Bertz CT molecular complexity index is 1300. The van der Waals surface area contributed by atoms with Crippen LogP contribution in [0.1, 0.15) is 30.5 Å². The molecule has 1 amide bonds. The second-order valence-electron chi connectivity index (χ2n) is 8.72. The molecule has 8 nitrogen and oxygen atoms in total. The van der Waals surface area contributed by atoms with E-state index in [1.807, 2.05) is 79.7 Å². The zero-order valence-corrected chi connectivity index (χ0v) is 22.9. The monoisotopic (exact) mass is 548 g/mol. The summed E-state index contributed by atoms with van der Waals surface area (Å²) in [6.07, 6.45) is -0.226. The van der Waals surface area contributed by atoms with Crippen LogP contribution >= 0.6 is 11.8 Å². The van der Waals surface area contributed by atoms with Crippen molar-refractivity contribution in [1.29, 1.82) is 0 Å². The molecule has 1 heterocycles. The Hall–Kier alpha value is -3.82. The van der Waals surface area contributed by atoms with Crippen molar-refractivity contribution < 1.29 is 29.0 Å². The Morgan fingerprint density at radius 3 is 2.49 bits per heavy atom. The summed E-state index contributed by atoms with van der Waals surface area (Å²) >= 11 is 1.47. The van der Waals surface area contributed by atoms with E-state index in [1.54, 1.807) is 11.8 Å². The number of rotatable bonds is 12. The molecule has 204 valence electrons. The quantitative estimate of drug-likeness (QED) is 0.148. The smallest absolute Gasteiger partial charge is 0.335 e. The Labute approximate surface area is 232 Å². The van der Waals surface area contributed by atoms with Gasteiger partial charge in [-0.05, 0) is 43.7 Å². The molecule has 1 aliphatic rings. The third-order valence-corrected chi connectivity index (χ3v) is 7.20. The molecule has 0 aromatic heterocycles. The lowest BCUT2D eigenvalue weighted by Crippen LogP contribution is -2.38. The number of esters is 1. The molecule has 3 aromatic rings. The van der Waals surface area contributed by atoms with Gasteiger partial charge in [0.2, 0.25) is 5.91 Å². The van der Waals surface area contributed by atoms with Gasteiger partial charge >= 0.3 is 5.97 Å². The summed E-state index contributed by atoms with van der Waals surface area (Å²) in [5.74, 6) is 0.642. The predicted molar refractivity (Wildman–Crippen MR) is 151 cm³/mol. The molecular formula is C30H32N2O6S. The van der Waals surface area contributed by atoms with E-state index >= 15 is 0 Å². The zero-order chi connectivity index (χ0) is 27.6. The van der Waals surface area contributed by atoms with Gasteiger partial charge in [-0.3, -0.25) is 4.79 Å². The summed E-state index contributed by atoms with van der Waals surface area (Å²) in [5, 5.41) is 13.2. The largest absolute Gasteiger partial charge is 0.492 e. The van der Waals surface area contributed by atoms with Crippen LogP contribution in [-0.2, 0) is 25.5 Å². The molecular weight excluding hydrogens is 516 g/mol. The molecule has 0 fully saturated rings. The van der Waals surface area contributed by atoms with Crippen molar-refractivity contribution in [1.82, 2.24) is 0 Å². The SMILES string of the molecule is CCOC(=O)C(Cc1ccc(OCCN2C(=O)CSc3cc(/C(=N/O)c4ccccc4)ccc32)cc1)OCC. The lowest BCUT2D eigenvalue weighted by molar-refractivity contribution is -0.156. The lowest BCUT2D eigenvalue weighted by atomic mass is 10.0. The van der Waals surface area contributed by atoms with E-state index in [1.165, 1.54) is 11.8 Å². The molecule has 0 saturated carbocycles. The number of ether oxygens (including phenoxy) is 3. The van der Waals surface area contributed by atoms with Crippen LogP contribution in [0.5, 0.6) is 5.75 Å². The topological polar surface area (TPSA) is 97.7 Å². The Morgan fingerprint density at radius 2 is 1.79 bits per heavy atom. The van der Waals surface area contributed by atoms with Crippen LogP contribution in [-0.4, -0.2) is 61.0 Å². The first kappa shape index (κ1) is 28.2. The van der Waals surface area contributed by atoms with Crippen molar-refractivity contribution in [3.05, 3.63) is 89.5 Å². The third kappa shape index (κ3) is 7.19. The zero-order valence-electron chi connectivity index (χ0n) is 22.0. The summed E-state index contributed by atoms with van der Waals surface area (Å²) in [6.45, 7) is 5.05. The second kappa shape index (κ2) is 13.8. The van der Waals surface area contributed by atoms with Gasteiger partial charge in [0, 0.05) is 29.1 Å². The first-order valence-electron chi connectivity index (χ1n) is 12.9. The maximum absolute atomic E-state index is 12.7. The summed E-state index contributed by atoms with van der Waals surface area (Å²) < 4.78 is 16.6. The molecule has 39 heavy (non-hydrogen) atoms. The highest BCUT2D eigenvalue weighted by atomic mass is 32.2. The van der Waals surface area contributed by atoms with Gasteiger partial charge in [-0.1, -0.05) is 53.7 Å². The second-order valence-corrected chi connectivity index (χ2v) is 9.74. The lowest BCUT2D eigenvalue weighted by Gasteiger charge is -2.29. The normalized spacial score (nSPS) is 14.1. The van der Waals surface area contributed by atoms with Crippen molar-refractivity contribution in [2.24, 2.45) is 5.16 Å². The average Bonchev–Trinajstić information content (AvgIpc) is 2.96. The van der Waals surface area contributed by atoms with Gasteiger partial charge in [0.1, 0.15) is 18.1 Å². The van der Waals surface area contributed by atoms with Crippen LogP contribution in [0, 0.1) is 0 Å². The van der Waals surface area contributed by atoms with E-state index in [0.29, 0.717) is 50.0 Å². The van der Waals surface area contributed by atoms with E-state index in [4.69, 9.17) is 14.2 Å². The fourth-order valence-electron chi connectivity index (χ4n) is 4.31. The van der Waals surface area contributed by atoms with Crippen LogP contribution in [0.4, 0.5) is 5.69 Å². The number of hydrogen-bond acceptors (Lipinski definition) is 8. The molecule has 3 aromatic carbocycles. The Morgan fingerprint density at radius 1 is 1.03 bits per heavy atom. The minimum absolute atomic E-state index is 0.0132. The van der Waals surface area contributed by atoms with Crippen molar-refractivity contribution in [3.63, 3.8) is 0 Å². The number of benzene rings is 3. The molecule has 1 aliphatic heterocycles. The van der Waals surface area contributed by atoms with Gasteiger partial charge in [0.05, 0.1) is 24.6 Å². The van der Waals surface area contributed by atoms with Crippen molar-refractivity contribution in [2.75, 3.05) is 37.0 Å². The van der Waals surface area contributed by atoms with Gasteiger partial charge in [0.15, 0.2) is 6.10 Å². The van der Waals surface area contributed by atoms with E-state index in [9.17, 15) is 14.8 Å². The fourth-order valence-corrected chi connectivity index (χ4v) is 5.28. The fraction of sp³-hybridized carbons (Fsp3) is 0.300. The van der Waals surface area contributed by atoms with Gasteiger partial charge in [-0.15, -0.1) is 11.8 Å². The number of carbonyl (C=O) groups excluding carboxylic acids is 2. The molecule has 1 unspecified atom stereocenters. The average molecular weight is 549 g/mol. The molecule has 1 atom stereocenters. The highest BCUT2D eigenvalue weighted by Gasteiger charge is 2.26. The van der Waals surface area contributed by atoms with Crippen LogP contribution in [0.25, 0.3) is 0 Å². The molecule has 0 spiro atoms. The number of amides is 1. The van der Waals surface area contributed by atoms with Crippen LogP contribution in [0.2, 0.25) is 0 Å². The number of nitrogens with zero attached hydrogens (tertiary/aromatic N) is 2. The number of carbonyl (C=O) groups is 2. The first-order chi connectivity index (χ1) is 19.0. The summed E-state index contributed by atoms with van der Waals surface area (Å²) in [4.78, 5) is 27.5. The number of hydrogen-bond donors (Lipinski definition) is 1. The standard InChI is InChI=1S/C30H32N2O6S/c1-3-36-26(30(34)37-4-2)18-21-10-13-24(14-11-21)38-17-16-32-25-15-12-23(19-27(25)39-20-28(32)33)29(31-35)22-8-6-5-7-9-22/h5-15,19,26,35H,3-4,16-18,20H2,1-2H3/b31-29+. The van der Waals surface area contributed by atoms with Gasteiger partial charge < -0.3 is 24.3 Å². The highest BCUT2D eigenvalue weighted by molar-refractivity contribution is 8.00. The summed E-state index contributed by atoms with van der Waals surface area (Å²) in [6, 6.07) is 22.6. The number of oxime groups is 1. The summed E-state index contributed by atoms with van der Waals surface area (Å²) in [5.41, 5.74) is 3.80. The maximum Gasteiger partial charge on any atom is 0.335 e. The number of thioether (sulfide) groups is 1. The molecule has 0 radical (unpaired) electrons. The molecule has 0 bridgehead atoms. The maximum atomic E-state index is 12.7. The van der Waals surface area contributed by atoms with Gasteiger partial charge in [-0.2, -0.15) is 0 Å². The van der Waals surface area contributed by atoms with Crippen molar-refractivity contribution in [2.45, 2.75) is 31.3 Å². The van der Waals surface area contributed by atoms with E-state index in [2.05, 4.69) is 5.16 Å². The predicted octanol–water partition coefficient (Wildman–Crippen LogP) is 4.94. The van der Waals surface area contributed by atoms with Crippen molar-refractivity contribution in [3.8, 4) is 5.75 Å². The van der Waals surface area contributed by atoms with Gasteiger partial charge in [0.25, 0.3) is 0 Å². The summed E-state index contributed by atoms with van der Waals surface area (Å²) in [7, 11) is 0. The van der Waals surface area contributed by atoms with Crippen LogP contribution in [0.15, 0.2) is 82.8 Å². The van der Waals surface area contributed by atoms with E-state index < -0.39 is 6.10 Å². The molecule has 0 saturated heterocycles. The Kier molecular flexibility index (Phi) is 9.99. The molecule has 1 N–H and O–H groups in total. The van der Waals surface area contributed by atoms with Crippen molar-refractivity contribution >= 4 is 35.0 Å². The number of anilines is 1. The van der Waals surface area contributed by atoms with Gasteiger partial charge in [-0.25, -0.2) is 4.79 Å². The Balaban J connectivity index is 1.38. The number of fused-ring (bicyclic) bond motifs is 1. The highest BCUT2D eigenvalue weighted by Crippen LogP contribution is 2.36. The van der Waals surface area contributed by atoms with E-state index in [-0.39, 0.29) is 11.9 Å². The molecule has 9 heteroatoms.